The molecular weight excluding hydrogens is 272 g/mol. The van der Waals surface area contributed by atoms with Gasteiger partial charge < -0.3 is 19.8 Å². The van der Waals surface area contributed by atoms with Crippen LogP contribution >= 0.6 is 0 Å². The summed E-state index contributed by atoms with van der Waals surface area (Å²) < 4.78 is 5.13. The maximum atomic E-state index is 12.0. The summed E-state index contributed by atoms with van der Waals surface area (Å²) in [7, 11) is 0. The molecule has 2 amide bonds. The van der Waals surface area contributed by atoms with E-state index in [-0.39, 0.29) is 24.5 Å². The normalized spacial score (nSPS) is 19.0. The van der Waals surface area contributed by atoms with E-state index < -0.39 is 0 Å². The van der Waals surface area contributed by atoms with Crippen molar-refractivity contribution in [2.75, 3.05) is 26.2 Å². The second-order valence-corrected chi connectivity index (χ2v) is 5.82. The average molecular weight is 296 g/mol. The Bertz CT molecular complexity index is 461. The zero-order chi connectivity index (χ0) is 15.2. The van der Waals surface area contributed by atoms with Crippen LogP contribution in [0.25, 0.3) is 0 Å². The highest BCUT2D eigenvalue weighted by Crippen LogP contribution is 2.15. The molecule has 0 bridgehead atoms. The highest BCUT2D eigenvalue weighted by atomic mass is 16.5. The van der Waals surface area contributed by atoms with E-state index >= 15 is 0 Å². The second-order valence-electron chi connectivity index (χ2n) is 5.82. The van der Waals surface area contributed by atoms with Crippen molar-refractivity contribution in [3.63, 3.8) is 0 Å². The van der Waals surface area contributed by atoms with Crippen LogP contribution in [0.2, 0.25) is 0 Å². The number of carbonyl (C=O) groups is 1. The Morgan fingerprint density at radius 3 is 3.05 bits per heavy atom. The molecule has 2 N–H and O–H groups in total. The van der Waals surface area contributed by atoms with Crippen LogP contribution in [0.15, 0.2) is 4.52 Å². The number of aromatic nitrogens is 2. The number of piperidine rings is 1. The first-order valence-electron chi connectivity index (χ1n) is 7.56. The summed E-state index contributed by atoms with van der Waals surface area (Å²) in [6, 6.07) is -0.0863. The number of hydrogen-bond donors (Lipinski definition) is 2. The molecule has 0 saturated carbocycles. The monoisotopic (exact) mass is 296 g/mol. The van der Waals surface area contributed by atoms with E-state index in [0.29, 0.717) is 31.2 Å². The fourth-order valence-corrected chi connectivity index (χ4v) is 2.39. The van der Waals surface area contributed by atoms with Gasteiger partial charge in [-0.3, -0.25) is 0 Å². The highest BCUT2D eigenvalue weighted by Gasteiger charge is 2.22. The lowest BCUT2D eigenvalue weighted by atomic mass is 9.99. The summed E-state index contributed by atoms with van der Waals surface area (Å²) in [4.78, 5) is 18.1. The molecule has 7 heteroatoms. The van der Waals surface area contributed by atoms with Crippen LogP contribution in [0.1, 0.15) is 44.3 Å². The third kappa shape index (κ3) is 4.42. The minimum atomic E-state index is -0.0863. The summed E-state index contributed by atoms with van der Waals surface area (Å²) in [5, 5.41) is 15.9. The number of aliphatic hydroxyl groups is 1. The van der Waals surface area contributed by atoms with E-state index in [0.717, 1.165) is 19.4 Å². The number of nitrogens with one attached hydrogen (secondary N) is 1. The van der Waals surface area contributed by atoms with Crippen LogP contribution in [0, 0.1) is 5.92 Å². The molecule has 1 fully saturated rings. The number of urea groups is 1. The van der Waals surface area contributed by atoms with E-state index in [1.165, 1.54) is 0 Å². The van der Waals surface area contributed by atoms with Gasteiger partial charge in [0.15, 0.2) is 5.82 Å². The number of amides is 2. The number of aliphatic hydroxyl groups excluding tert-OH is 1. The molecule has 0 spiro atoms. The highest BCUT2D eigenvalue weighted by molar-refractivity contribution is 5.74. The molecule has 1 aromatic heterocycles. The van der Waals surface area contributed by atoms with Crippen molar-refractivity contribution in [1.29, 1.82) is 0 Å². The topological polar surface area (TPSA) is 91.5 Å². The first kappa shape index (κ1) is 15.8. The van der Waals surface area contributed by atoms with Crippen molar-refractivity contribution in [3.05, 3.63) is 11.7 Å². The quantitative estimate of drug-likeness (QED) is 0.850. The number of rotatable bonds is 5. The molecule has 1 aromatic rings. The van der Waals surface area contributed by atoms with Crippen molar-refractivity contribution < 1.29 is 14.4 Å². The number of nitrogens with zero attached hydrogens (tertiary/aromatic N) is 3. The molecule has 1 atom stereocenters. The predicted octanol–water partition coefficient (Wildman–Crippen LogP) is 1.15. The van der Waals surface area contributed by atoms with Gasteiger partial charge in [0.05, 0.1) is 0 Å². The van der Waals surface area contributed by atoms with Crippen molar-refractivity contribution in [1.82, 2.24) is 20.4 Å². The molecule has 2 heterocycles. The third-order valence-electron chi connectivity index (χ3n) is 3.68. The molecule has 0 aliphatic carbocycles. The summed E-state index contributed by atoms with van der Waals surface area (Å²) in [6.45, 7) is 6.00. The summed E-state index contributed by atoms with van der Waals surface area (Å²) in [5.74, 6) is 1.68. The molecule has 1 saturated heterocycles. The third-order valence-corrected chi connectivity index (χ3v) is 3.68. The molecule has 1 unspecified atom stereocenters. The van der Waals surface area contributed by atoms with Crippen LogP contribution in [0.5, 0.6) is 0 Å². The predicted molar refractivity (Wildman–Crippen MR) is 76.9 cm³/mol. The van der Waals surface area contributed by atoms with Crippen molar-refractivity contribution >= 4 is 6.03 Å². The van der Waals surface area contributed by atoms with E-state index in [4.69, 9.17) is 4.52 Å². The Hall–Kier alpha value is -1.63. The molecule has 2 rings (SSSR count). The number of carbonyl (C=O) groups excluding carboxylic acids is 1. The second kappa shape index (κ2) is 7.40. The zero-order valence-corrected chi connectivity index (χ0v) is 12.7. The van der Waals surface area contributed by atoms with Crippen LogP contribution in [0.3, 0.4) is 0 Å². The Labute approximate surface area is 124 Å². The van der Waals surface area contributed by atoms with Gasteiger partial charge in [0.2, 0.25) is 5.89 Å². The van der Waals surface area contributed by atoms with Crippen LogP contribution < -0.4 is 5.32 Å². The molecule has 118 valence electrons. The van der Waals surface area contributed by atoms with Crippen LogP contribution in [-0.4, -0.2) is 52.4 Å². The van der Waals surface area contributed by atoms with Gasteiger partial charge >= 0.3 is 6.03 Å². The molecule has 1 aliphatic heterocycles. The van der Waals surface area contributed by atoms with E-state index in [1.807, 2.05) is 13.8 Å². The largest absolute Gasteiger partial charge is 0.396 e. The smallest absolute Gasteiger partial charge is 0.317 e. The van der Waals surface area contributed by atoms with Gasteiger partial charge in [-0.2, -0.15) is 4.98 Å². The maximum absolute atomic E-state index is 12.0. The average Bonchev–Trinajstić information content (AvgIpc) is 2.96. The first-order valence-corrected chi connectivity index (χ1v) is 7.56. The van der Waals surface area contributed by atoms with Gasteiger partial charge in [0.25, 0.3) is 0 Å². The molecular formula is C14H24N4O3. The number of likely N-dealkylation sites (tertiary alicyclic amines) is 1. The molecule has 7 nitrogen and oxygen atoms in total. The zero-order valence-electron chi connectivity index (χ0n) is 12.7. The summed E-state index contributed by atoms with van der Waals surface area (Å²) in [5.41, 5.74) is 0. The van der Waals surface area contributed by atoms with Crippen molar-refractivity contribution in [3.8, 4) is 0 Å². The van der Waals surface area contributed by atoms with Crippen LogP contribution in [-0.2, 0) is 6.42 Å². The SMILES string of the molecule is CC(C)c1noc(CCNC(=O)N2CCCC(CO)C2)n1. The van der Waals surface area contributed by atoms with E-state index in [1.54, 1.807) is 4.90 Å². The van der Waals surface area contributed by atoms with Gasteiger partial charge in [0, 0.05) is 38.6 Å². The Kier molecular flexibility index (Phi) is 5.55. The lowest BCUT2D eigenvalue weighted by Crippen LogP contribution is -2.46. The first-order chi connectivity index (χ1) is 10.1. The summed E-state index contributed by atoms with van der Waals surface area (Å²) in [6.07, 6.45) is 2.46. The minimum Gasteiger partial charge on any atom is -0.396 e. The Morgan fingerprint density at radius 1 is 1.57 bits per heavy atom. The lowest BCUT2D eigenvalue weighted by Gasteiger charge is -2.31. The molecule has 1 aliphatic rings. The number of hydrogen-bond acceptors (Lipinski definition) is 5. The lowest BCUT2D eigenvalue weighted by molar-refractivity contribution is 0.129. The van der Waals surface area contributed by atoms with E-state index in [9.17, 15) is 9.90 Å². The molecule has 0 aromatic carbocycles. The Morgan fingerprint density at radius 2 is 2.38 bits per heavy atom. The van der Waals surface area contributed by atoms with Crippen molar-refractivity contribution in [2.24, 2.45) is 5.92 Å². The fraction of sp³-hybridized carbons (Fsp3) is 0.786. The molecule has 21 heavy (non-hydrogen) atoms. The maximum Gasteiger partial charge on any atom is 0.317 e. The van der Waals surface area contributed by atoms with E-state index in [2.05, 4.69) is 15.5 Å². The van der Waals surface area contributed by atoms with Gasteiger partial charge in [-0.25, -0.2) is 4.79 Å². The summed E-state index contributed by atoms with van der Waals surface area (Å²) >= 11 is 0. The fourth-order valence-electron chi connectivity index (χ4n) is 2.39. The van der Waals surface area contributed by atoms with Gasteiger partial charge in [-0.15, -0.1) is 0 Å². The minimum absolute atomic E-state index is 0.0863. The van der Waals surface area contributed by atoms with Gasteiger partial charge in [0.1, 0.15) is 0 Å². The van der Waals surface area contributed by atoms with Gasteiger partial charge in [-0.05, 0) is 18.8 Å². The standard InChI is InChI=1S/C14H24N4O3/c1-10(2)13-16-12(21-17-13)5-6-15-14(20)18-7-3-4-11(8-18)9-19/h10-11,19H,3-9H2,1-2H3,(H,15,20). The Balaban J connectivity index is 1.73. The van der Waals surface area contributed by atoms with Crippen molar-refractivity contribution in [2.45, 2.75) is 39.0 Å². The van der Waals surface area contributed by atoms with Crippen LogP contribution in [0.4, 0.5) is 4.79 Å². The molecule has 0 radical (unpaired) electrons. The van der Waals surface area contributed by atoms with Gasteiger partial charge in [-0.1, -0.05) is 19.0 Å².